The Morgan fingerprint density at radius 3 is 2.52 bits per heavy atom. The van der Waals surface area contributed by atoms with Crippen molar-refractivity contribution in [3.63, 3.8) is 0 Å². The molecule has 3 rings (SSSR count). The Hall–Kier alpha value is -2.06. The van der Waals surface area contributed by atoms with Crippen molar-refractivity contribution in [1.29, 1.82) is 0 Å². The zero-order valence-electron chi connectivity index (χ0n) is 15.4. The smallest absolute Gasteiger partial charge is 0.0852 e. The zero-order valence-corrected chi connectivity index (χ0v) is 15.4. The summed E-state index contributed by atoms with van der Waals surface area (Å²) in [7, 11) is 0. The molecule has 144 valence electrons. The first-order valence-electron chi connectivity index (χ1n) is 9.10. The molecule has 0 fully saturated rings. The molecule has 1 aliphatic rings. The van der Waals surface area contributed by atoms with E-state index in [1.54, 1.807) is 6.92 Å². The third kappa shape index (κ3) is 3.68. The van der Waals surface area contributed by atoms with Crippen molar-refractivity contribution in [2.45, 2.75) is 31.3 Å². The van der Waals surface area contributed by atoms with E-state index in [9.17, 15) is 10.4 Å². The lowest BCUT2D eigenvalue weighted by atomic mass is 9.71. The number of fused-ring (bicyclic) bond motifs is 1. The minimum Gasteiger partial charge on any atom is -0.762 e. The maximum absolute atomic E-state index is 13.2. The summed E-state index contributed by atoms with van der Waals surface area (Å²) in [5, 5.41) is 26.9. The van der Waals surface area contributed by atoms with E-state index in [-0.39, 0.29) is 6.61 Å². The lowest BCUT2D eigenvalue weighted by molar-refractivity contribution is -0.186. The van der Waals surface area contributed by atoms with Gasteiger partial charge in [0.1, 0.15) is 0 Å². The van der Waals surface area contributed by atoms with E-state index in [4.69, 9.17) is 9.68 Å². The van der Waals surface area contributed by atoms with E-state index >= 15 is 0 Å². The molecular weight excluding hydrogens is 344 g/mol. The van der Waals surface area contributed by atoms with Crippen LogP contribution in [0.4, 0.5) is 0 Å². The van der Waals surface area contributed by atoms with Gasteiger partial charge in [-0.3, -0.25) is 5.23 Å². The van der Waals surface area contributed by atoms with Crippen LogP contribution in [0.5, 0.6) is 0 Å². The molecule has 2 aromatic carbocycles. The zero-order chi connectivity index (χ0) is 19.3. The summed E-state index contributed by atoms with van der Waals surface area (Å²) >= 11 is 0. The van der Waals surface area contributed by atoms with Crippen molar-refractivity contribution in [3.8, 4) is 0 Å². The van der Waals surface area contributed by atoms with Crippen molar-refractivity contribution < 1.29 is 9.68 Å². The predicted molar refractivity (Wildman–Crippen MR) is 104 cm³/mol. The molecule has 0 aliphatic heterocycles. The van der Waals surface area contributed by atoms with Crippen molar-refractivity contribution in [2.75, 3.05) is 13.2 Å². The summed E-state index contributed by atoms with van der Waals surface area (Å²) in [4.78, 5) is 10.6. The monoisotopic (exact) mass is 368 g/mol. The standard InChI is InChI=1S/C21H24N2O4/c1-3-16-27-23(25)21(17-10-6-5-7-11-17)15-14-20(22(24)26-4-2)18-12-8-9-13-19(18)21/h3,5-13,20H,1,4,14-16H2,2H3/q-2/t20-,21?/m0/s1. The van der Waals surface area contributed by atoms with E-state index in [0.717, 1.165) is 16.7 Å². The molecule has 27 heavy (non-hydrogen) atoms. The molecule has 0 amide bonds. The maximum atomic E-state index is 13.2. The first-order valence-corrected chi connectivity index (χ1v) is 9.10. The molecule has 0 spiro atoms. The van der Waals surface area contributed by atoms with Crippen LogP contribution in [-0.2, 0) is 15.2 Å². The Morgan fingerprint density at radius 2 is 1.81 bits per heavy atom. The highest BCUT2D eigenvalue weighted by atomic mass is 16.9. The van der Waals surface area contributed by atoms with Crippen molar-refractivity contribution >= 4 is 0 Å². The molecule has 1 unspecified atom stereocenters. The first kappa shape index (κ1) is 19.7. The van der Waals surface area contributed by atoms with Gasteiger partial charge >= 0.3 is 0 Å². The summed E-state index contributed by atoms with van der Waals surface area (Å²) in [6.07, 6.45) is 2.42. The van der Waals surface area contributed by atoms with Crippen LogP contribution in [0.3, 0.4) is 0 Å². The van der Waals surface area contributed by atoms with Gasteiger partial charge in [-0.2, -0.15) is 0 Å². The van der Waals surface area contributed by atoms with Crippen molar-refractivity contribution in [1.82, 2.24) is 10.5 Å². The normalized spacial score (nSPS) is 22.0. The topological polar surface area (TPSA) is 71.1 Å². The largest absolute Gasteiger partial charge is 0.762 e. The summed E-state index contributed by atoms with van der Waals surface area (Å²) in [6, 6.07) is 16.6. The second kappa shape index (κ2) is 8.75. The fourth-order valence-corrected chi connectivity index (χ4v) is 3.78. The SMILES string of the molecule is C=CCON([O-])C1(c2ccccc2)CC[C@H](N([O-])OCC)c2ccccc21. The number of hydrogen-bond acceptors (Lipinski definition) is 6. The molecule has 0 bridgehead atoms. The van der Waals surface area contributed by atoms with Gasteiger partial charge in [0.05, 0.1) is 18.8 Å². The van der Waals surface area contributed by atoms with Crippen LogP contribution in [0.2, 0.25) is 0 Å². The van der Waals surface area contributed by atoms with Gasteiger partial charge in [-0.15, -0.1) is 6.58 Å². The molecule has 1 aliphatic carbocycles. The van der Waals surface area contributed by atoms with E-state index in [0.29, 0.717) is 29.9 Å². The molecule has 0 radical (unpaired) electrons. The van der Waals surface area contributed by atoms with Gasteiger partial charge in [0.15, 0.2) is 0 Å². The Labute approximate surface area is 159 Å². The van der Waals surface area contributed by atoms with Gasteiger partial charge in [0, 0.05) is 6.04 Å². The molecule has 2 aromatic rings. The summed E-state index contributed by atoms with van der Waals surface area (Å²) in [5.41, 5.74) is 1.32. The lowest BCUT2D eigenvalue weighted by Gasteiger charge is -2.53. The Kier molecular flexibility index (Phi) is 6.38. The molecular formula is C21H24N2O4-2. The van der Waals surface area contributed by atoms with Gasteiger partial charge in [-0.25, -0.2) is 5.23 Å². The van der Waals surface area contributed by atoms with E-state index in [1.165, 1.54) is 6.08 Å². The molecule has 0 N–H and O–H groups in total. The molecule has 6 nitrogen and oxygen atoms in total. The molecule has 0 aromatic heterocycles. The van der Waals surface area contributed by atoms with E-state index < -0.39 is 11.6 Å². The molecule has 0 saturated carbocycles. The average Bonchev–Trinajstić information content (AvgIpc) is 2.72. The minimum atomic E-state index is -1.04. The fourth-order valence-electron chi connectivity index (χ4n) is 3.78. The lowest BCUT2D eigenvalue weighted by Crippen LogP contribution is -2.48. The number of nitrogens with zero attached hydrogens (tertiary/aromatic N) is 2. The second-order valence-corrected chi connectivity index (χ2v) is 6.41. The molecule has 6 heteroatoms. The quantitative estimate of drug-likeness (QED) is 0.507. The average molecular weight is 368 g/mol. The van der Waals surface area contributed by atoms with Crippen molar-refractivity contribution in [2.24, 2.45) is 0 Å². The summed E-state index contributed by atoms with van der Waals surface area (Å²) in [5.74, 6) is 0. The van der Waals surface area contributed by atoms with Gasteiger partial charge in [0.2, 0.25) is 0 Å². The Morgan fingerprint density at radius 1 is 1.11 bits per heavy atom. The van der Waals surface area contributed by atoms with Crippen LogP contribution >= 0.6 is 0 Å². The van der Waals surface area contributed by atoms with Crippen LogP contribution in [0, 0.1) is 10.4 Å². The van der Waals surface area contributed by atoms with Gasteiger partial charge in [0.25, 0.3) is 0 Å². The van der Waals surface area contributed by atoms with Gasteiger partial charge in [-0.1, -0.05) is 60.7 Å². The van der Waals surface area contributed by atoms with Crippen LogP contribution in [0.15, 0.2) is 67.3 Å². The first-order chi connectivity index (χ1) is 13.1. The van der Waals surface area contributed by atoms with Crippen LogP contribution in [0.25, 0.3) is 0 Å². The highest BCUT2D eigenvalue weighted by Crippen LogP contribution is 2.49. The fraction of sp³-hybridized carbons (Fsp3) is 0.333. The van der Waals surface area contributed by atoms with Crippen LogP contribution in [0.1, 0.15) is 42.5 Å². The maximum Gasteiger partial charge on any atom is 0.0852 e. The van der Waals surface area contributed by atoms with Crippen molar-refractivity contribution in [3.05, 3.63) is 94.4 Å². The summed E-state index contributed by atoms with van der Waals surface area (Å²) < 4.78 is 0. The molecule has 2 atom stereocenters. The third-order valence-electron chi connectivity index (χ3n) is 4.93. The number of rotatable bonds is 8. The number of hydroxylamine groups is 4. The molecule has 0 saturated heterocycles. The highest BCUT2D eigenvalue weighted by molar-refractivity contribution is 5.46. The second-order valence-electron chi connectivity index (χ2n) is 6.41. The highest BCUT2D eigenvalue weighted by Gasteiger charge is 2.43. The van der Waals surface area contributed by atoms with Crippen LogP contribution in [-0.4, -0.2) is 23.7 Å². The van der Waals surface area contributed by atoms with E-state index in [1.807, 2.05) is 54.6 Å². The Bertz CT molecular complexity index is 755. The van der Waals surface area contributed by atoms with E-state index in [2.05, 4.69) is 6.58 Å². The molecule has 0 heterocycles. The van der Waals surface area contributed by atoms with Gasteiger partial charge < -0.3 is 20.1 Å². The van der Waals surface area contributed by atoms with Gasteiger partial charge in [-0.05, 0) is 36.5 Å². The Balaban J connectivity index is 2.13. The number of benzene rings is 2. The van der Waals surface area contributed by atoms with Crippen LogP contribution < -0.4 is 0 Å². The predicted octanol–water partition coefficient (Wildman–Crippen LogP) is 4.43. The minimum absolute atomic E-state index is 0.107. The summed E-state index contributed by atoms with van der Waals surface area (Å²) in [6.45, 7) is 5.79. The number of hydrogen-bond donors (Lipinski definition) is 0. The third-order valence-corrected chi connectivity index (χ3v) is 4.93.